The Morgan fingerprint density at radius 2 is 1.76 bits per heavy atom. The van der Waals surface area contributed by atoms with E-state index in [9.17, 15) is 9.59 Å². The molecule has 0 bridgehead atoms. The van der Waals surface area contributed by atoms with Crippen molar-refractivity contribution in [3.05, 3.63) is 64.2 Å². The van der Waals surface area contributed by atoms with Crippen molar-refractivity contribution in [2.45, 2.75) is 6.61 Å². The van der Waals surface area contributed by atoms with E-state index < -0.39 is 11.9 Å². The van der Waals surface area contributed by atoms with E-state index in [-0.39, 0.29) is 17.7 Å². The highest BCUT2D eigenvalue weighted by molar-refractivity contribution is 6.31. The number of benzene rings is 2. The van der Waals surface area contributed by atoms with Crippen LogP contribution in [-0.4, -0.2) is 17.0 Å². The van der Waals surface area contributed by atoms with Crippen LogP contribution in [0.25, 0.3) is 0 Å². The van der Waals surface area contributed by atoms with Crippen molar-refractivity contribution in [1.82, 2.24) is 0 Å². The molecule has 5 nitrogen and oxygen atoms in total. The van der Waals surface area contributed by atoms with Crippen LogP contribution in [-0.2, 0) is 11.3 Å². The number of aromatic carboxylic acids is 1. The fraction of sp³-hybridized carbons (Fsp3) is 0.0667. The Morgan fingerprint density at radius 3 is 2.33 bits per heavy atom. The third kappa shape index (κ3) is 3.97. The average Bonchev–Trinajstić information content (AvgIpc) is 2.44. The van der Waals surface area contributed by atoms with E-state index in [0.717, 1.165) is 0 Å². The lowest BCUT2D eigenvalue weighted by atomic mass is 10.1. The van der Waals surface area contributed by atoms with E-state index >= 15 is 0 Å². The summed E-state index contributed by atoms with van der Waals surface area (Å²) in [5.74, 6) is -1.56. The van der Waals surface area contributed by atoms with Gasteiger partial charge in [-0.25, -0.2) is 9.59 Å². The van der Waals surface area contributed by atoms with Crippen molar-refractivity contribution in [3.63, 3.8) is 0 Å². The minimum Gasteiger partial charge on any atom is -0.478 e. The Morgan fingerprint density at radius 1 is 1.10 bits per heavy atom. The molecule has 0 atom stereocenters. The number of carbonyl (C=O) groups excluding carboxylic acids is 1. The highest BCUT2D eigenvalue weighted by Crippen LogP contribution is 2.18. The number of carboxylic acid groups (broad SMARTS) is 1. The van der Waals surface area contributed by atoms with Gasteiger partial charge in [0.05, 0.1) is 11.1 Å². The number of carbonyl (C=O) groups is 2. The summed E-state index contributed by atoms with van der Waals surface area (Å²) >= 11 is 5.82. The minimum absolute atomic E-state index is 0.0329. The van der Waals surface area contributed by atoms with Gasteiger partial charge in [0.15, 0.2) is 0 Å². The highest BCUT2D eigenvalue weighted by Gasteiger charge is 2.10. The Bertz CT molecular complexity index is 662. The number of esters is 1. The lowest BCUT2D eigenvalue weighted by Crippen LogP contribution is -2.06. The van der Waals surface area contributed by atoms with Crippen LogP contribution in [0, 0.1) is 0 Å². The summed E-state index contributed by atoms with van der Waals surface area (Å²) in [6.45, 7) is 0.0329. The SMILES string of the molecule is Nc1cc(Cl)cc(C(=O)OCc2ccc(C(=O)O)cc2)c1. The zero-order chi connectivity index (χ0) is 15.4. The van der Waals surface area contributed by atoms with Crippen molar-refractivity contribution in [1.29, 1.82) is 0 Å². The first-order chi connectivity index (χ1) is 9.95. The van der Waals surface area contributed by atoms with E-state index in [4.69, 9.17) is 27.2 Å². The second-order valence-electron chi connectivity index (χ2n) is 4.35. The molecule has 21 heavy (non-hydrogen) atoms. The van der Waals surface area contributed by atoms with E-state index in [1.54, 1.807) is 12.1 Å². The summed E-state index contributed by atoms with van der Waals surface area (Å²) in [6.07, 6.45) is 0. The fourth-order valence-corrected chi connectivity index (χ4v) is 1.95. The number of hydrogen-bond donors (Lipinski definition) is 2. The number of ether oxygens (including phenoxy) is 1. The van der Waals surface area contributed by atoms with Gasteiger partial charge in [0.1, 0.15) is 6.61 Å². The predicted molar refractivity (Wildman–Crippen MR) is 78.4 cm³/mol. The Balaban J connectivity index is 2.02. The van der Waals surface area contributed by atoms with Crippen molar-refractivity contribution < 1.29 is 19.4 Å². The molecule has 0 radical (unpaired) electrons. The zero-order valence-electron chi connectivity index (χ0n) is 10.9. The van der Waals surface area contributed by atoms with Crippen molar-refractivity contribution in [2.75, 3.05) is 5.73 Å². The van der Waals surface area contributed by atoms with Gasteiger partial charge in [0, 0.05) is 10.7 Å². The summed E-state index contributed by atoms with van der Waals surface area (Å²) < 4.78 is 5.12. The third-order valence-electron chi connectivity index (χ3n) is 2.73. The molecule has 3 N–H and O–H groups in total. The normalized spacial score (nSPS) is 10.1. The number of anilines is 1. The molecule has 0 aromatic heterocycles. The first-order valence-corrected chi connectivity index (χ1v) is 6.39. The lowest BCUT2D eigenvalue weighted by Gasteiger charge is -2.06. The summed E-state index contributed by atoms with van der Waals surface area (Å²) in [7, 11) is 0. The quantitative estimate of drug-likeness (QED) is 0.669. The molecule has 0 unspecified atom stereocenters. The van der Waals surface area contributed by atoms with Crippen molar-refractivity contribution in [3.8, 4) is 0 Å². The van der Waals surface area contributed by atoms with Gasteiger partial charge in [-0.3, -0.25) is 0 Å². The van der Waals surface area contributed by atoms with E-state index in [0.29, 0.717) is 16.3 Å². The maximum absolute atomic E-state index is 11.9. The second kappa shape index (κ2) is 6.28. The molecule has 2 rings (SSSR count). The molecule has 6 heteroatoms. The molecular formula is C15H12ClNO4. The minimum atomic E-state index is -1.01. The van der Waals surface area contributed by atoms with Crippen LogP contribution in [0.4, 0.5) is 5.69 Å². The molecule has 0 aliphatic rings. The monoisotopic (exact) mass is 305 g/mol. The standard InChI is InChI=1S/C15H12ClNO4/c16-12-5-11(6-13(17)7-12)15(20)21-8-9-1-3-10(4-2-9)14(18)19/h1-7H,8,17H2,(H,18,19). The fourth-order valence-electron chi connectivity index (χ4n) is 1.71. The van der Waals surface area contributed by atoms with Crippen LogP contribution >= 0.6 is 11.6 Å². The van der Waals surface area contributed by atoms with Gasteiger partial charge in [0.25, 0.3) is 0 Å². The number of halogens is 1. The first kappa shape index (κ1) is 14.9. The zero-order valence-corrected chi connectivity index (χ0v) is 11.6. The highest BCUT2D eigenvalue weighted by atomic mass is 35.5. The first-order valence-electron chi connectivity index (χ1n) is 6.01. The Hall–Kier alpha value is -2.53. The molecule has 2 aromatic carbocycles. The van der Waals surface area contributed by atoms with Gasteiger partial charge in [-0.05, 0) is 35.9 Å². The average molecular weight is 306 g/mol. The van der Waals surface area contributed by atoms with Gasteiger partial charge in [0.2, 0.25) is 0 Å². The molecular weight excluding hydrogens is 294 g/mol. The second-order valence-corrected chi connectivity index (χ2v) is 4.79. The number of nitrogen functional groups attached to an aromatic ring is 1. The topological polar surface area (TPSA) is 89.6 Å². The van der Waals surface area contributed by atoms with Gasteiger partial charge >= 0.3 is 11.9 Å². The Labute approximate surface area is 125 Å². The van der Waals surface area contributed by atoms with Crippen LogP contribution in [0.5, 0.6) is 0 Å². The molecule has 0 fully saturated rings. The number of carboxylic acids is 1. The van der Waals surface area contributed by atoms with Crippen LogP contribution in [0.1, 0.15) is 26.3 Å². The predicted octanol–water partition coefficient (Wildman–Crippen LogP) is 2.98. The molecule has 0 aliphatic heterocycles. The molecule has 0 saturated carbocycles. The number of rotatable bonds is 4. The summed E-state index contributed by atoms with van der Waals surface area (Å²) in [6, 6.07) is 10.5. The number of nitrogens with two attached hydrogens (primary N) is 1. The maximum atomic E-state index is 11.9. The molecule has 0 saturated heterocycles. The van der Waals surface area contributed by atoms with Crippen LogP contribution < -0.4 is 5.73 Å². The molecule has 0 amide bonds. The third-order valence-corrected chi connectivity index (χ3v) is 2.94. The van der Waals surface area contributed by atoms with Crippen molar-refractivity contribution >= 4 is 29.2 Å². The maximum Gasteiger partial charge on any atom is 0.338 e. The molecule has 0 spiro atoms. The van der Waals surface area contributed by atoms with E-state index in [2.05, 4.69) is 0 Å². The van der Waals surface area contributed by atoms with Gasteiger partial charge in [-0.15, -0.1) is 0 Å². The largest absolute Gasteiger partial charge is 0.478 e. The molecule has 0 aliphatic carbocycles. The molecule has 0 heterocycles. The van der Waals surface area contributed by atoms with Gasteiger partial charge in [-0.2, -0.15) is 0 Å². The summed E-state index contributed by atoms with van der Waals surface area (Å²) in [4.78, 5) is 22.6. The van der Waals surface area contributed by atoms with E-state index in [1.807, 2.05) is 0 Å². The summed E-state index contributed by atoms with van der Waals surface area (Å²) in [5.41, 5.74) is 7.10. The lowest BCUT2D eigenvalue weighted by molar-refractivity contribution is 0.0472. The van der Waals surface area contributed by atoms with Gasteiger partial charge in [-0.1, -0.05) is 23.7 Å². The van der Waals surface area contributed by atoms with E-state index in [1.165, 1.54) is 30.3 Å². The van der Waals surface area contributed by atoms with Crippen LogP contribution in [0.15, 0.2) is 42.5 Å². The Kier molecular flexibility index (Phi) is 4.45. The van der Waals surface area contributed by atoms with Crippen molar-refractivity contribution in [2.24, 2.45) is 0 Å². The molecule has 108 valence electrons. The van der Waals surface area contributed by atoms with Crippen LogP contribution in [0.3, 0.4) is 0 Å². The van der Waals surface area contributed by atoms with Crippen LogP contribution in [0.2, 0.25) is 5.02 Å². The summed E-state index contributed by atoms with van der Waals surface area (Å²) in [5, 5.41) is 9.14. The number of hydrogen-bond acceptors (Lipinski definition) is 4. The smallest absolute Gasteiger partial charge is 0.338 e. The molecule has 2 aromatic rings. The van der Waals surface area contributed by atoms with Gasteiger partial charge < -0.3 is 15.6 Å².